The van der Waals surface area contributed by atoms with Crippen molar-refractivity contribution < 1.29 is 9.90 Å². The number of aliphatic hydroxyl groups excluding tert-OH is 1. The minimum absolute atomic E-state index is 0.0394. The lowest BCUT2D eigenvalue weighted by atomic mass is 10.0. The average Bonchev–Trinajstić information content (AvgIpc) is 2.62. The molecule has 1 unspecified atom stereocenters. The Morgan fingerprint density at radius 1 is 1.47 bits per heavy atom. The summed E-state index contributed by atoms with van der Waals surface area (Å²) in [5, 5.41) is 21.6. The van der Waals surface area contributed by atoms with Gasteiger partial charge in [-0.2, -0.15) is 5.26 Å². The zero-order chi connectivity index (χ0) is 13.8. The number of amides is 1. The highest BCUT2D eigenvalue weighted by Gasteiger charge is 2.18. The Balaban J connectivity index is 2.35. The number of nitriles is 1. The predicted octanol–water partition coefficient (Wildman–Crippen LogP) is 0.938. The zero-order valence-electron chi connectivity index (χ0n) is 10.9. The number of hydrogen-bond donors (Lipinski definition) is 2. The molecule has 0 aliphatic carbocycles. The van der Waals surface area contributed by atoms with Crippen LogP contribution in [0.3, 0.4) is 0 Å². The van der Waals surface area contributed by atoms with E-state index in [2.05, 4.69) is 11.4 Å². The number of hydrogen-bond acceptors (Lipinski definition) is 4. The molecule has 19 heavy (non-hydrogen) atoms. The molecular weight excluding hydrogens is 242 g/mol. The molecule has 2 N–H and O–H groups in total. The lowest BCUT2D eigenvalue weighted by molar-refractivity contribution is -0.120. The van der Waals surface area contributed by atoms with Crippen LogP contribution in [0.25, 0.3) is 0 Å². The van der Waals surface area contributed by atoms with Crippen molar-refractivity contribution in [2.75, 3.05) is 24.5 Å². The van der Waals surface area contributed by atoms with Crippen molar-refractivity contribution in [2.24, 2.45) is 0 Å². The third kappa shape index (κ3) is 3.04. The Labute approximate surface area is 112 Å². The van der Waals surface area contributed by atoms with Crippen LogP contribution in [0.2, 0.25) is 0 Å². The molecule has 1 fully saturated rings. The molecule has 2 rings (SSSR count). The maximum absolute atomic E-state index is 11.4. The van der Waals surface area contributed by atoms with Gasteiger partial charge in [-0.15, -0.1) is 0 Å². The lowest BCUT2D eigenvalue weighted by Crippen LogP contribution is -2.29. The number of anilines is 1. The minimum Gasteiger partial charge on any atom is -0.389 e. The van der Waals surface area contributed by atoms with Crippen LogP contribution in [-0.2, 0) is 4.79 Å². The summed E-state index contributed by atoms with van der Waals surface area (Å²) >= 11 is 0. The quantitative estimate of drug-likeness (QED) is 0.828. The maximum atomic E-state index is 11.4. The topological polar surface area (TPSA) is 76.4 Å². The van der Waals surface area contributed by atoms with Gasteiger partial charge in [0.15, 0.2) is 0 Å². The number of nitrogens with one attached hydrogen (secondary N) is 1. The van der Waals surface area contributed by atoms with Crippen LogP contribution in [0.1, 0.15) is 30.6 Å². The van der Waals surface area contributed by atoms with Crippen molar-refractivity contribution in [3.8, 4) is 6.07 Å². The Morgan fingerprint density at radius 2 is 2.26 bits per heavy atom. The van der Waals surface area contributed by atoms with E-state index >= 15 is 0 Å². The van der Waals surface area contributed by atoms with Gasteiger partial charge in [0, 0.05) is 37.3 Å². The summed E-state index contributed by atoms with van der Waals surface area (Å²) in [6.45, 7) is 3.56. The third-order valence-corrected chi connectivity index (χ3v) is 3.26. The molecule has 5 nitrogen and oxygen atoms in total. The lowest BCUT2D eigenvalue weighted by Gasteiger charge is -2.26. The molecular formula is C14H17N3O2. The van der Waals surface area contributed by atoms with Crippen molar-refractivity contribution in [3.05, 3.63) is 29.3 Å². The van der Waals surface area contributed by atoms with E-state index in [1.54, 1.807) is 25.1 Å². The van der Waals surface area contributed by atoms with E-state index in [1.807, 2.05) is 4.90 Å². The van der Waals surface area contributed by atoms with Crippen LogP contribution < -0.4 is 10.2 Å². The summed E-state index contributed by atoms with van der Waals surface area (Å²) in [6, 6.07) is 7.36. The van der Waals surface area contributed by atoms with Crippen LogP contribution >= 0.6 is 0 Å². The van der Waals surface area contributed by atoms with Crippen LogP contribution in [-0.4, -0.2) is 30.6 Å². The van der Waals surface area contributed by atoms with E-state index in [9.17, 15) is 9.90 Å². The number of carbonyl (C=O) groups is 1. The minimum atomic E-state index is -0.602. The van der Waals surface area contributed by atoms with Gasteiger partial charge < -0.3 is 15.3 Å². The average molecular weight is 259 g/mol. The SMILES string of the molecule is CC(O)c1ccc(C#N)cc1N1CCNC(=O)CC1. The highest BCUT2D eigenvalue weighted by Crippen LogP contribution is 2.28. The molecule has 0 saturated carbocycles. The van der Waals surface area contributed by atoms with Crippen molar-refractivity contribution >= 4 is 11.6 Å². The van der Waals surface area contributed by atoms with E-state index in [0.29, 0.717) is 31.6 Å². The largest absolute Gasteiger partial charge is 0.389 e. The molecule has 1 aliphatic rings. The molecule has 1 aliphatic heterocycles. The second-order valence-electron chi connectivity index (χ2n) is 4.65. The van der Waals surface area contributed by atoms with E-state index < -0.39 is 6.10 Å². The molecule has 0 bridgehead atoms. The molecule has 5 heteroatoms. The summed E-state index contributed by atoms with van der Waals surface area (Å²) < 4.78 is 0. The van der Waals surface area contributed by atoms with Gasteiger partial charge in [0.25, 0.3) is 0 Å². The first-order valence-corrected chi connectivity index (χ1v) is 6.35. The van der Waals surface area contributed by atoms with Gasteiger partial charge >= 0.3 is 0 Å². The van der Waals surface area contributed by atoms with E-state index in [1.165, 1.54) is 0 Å². The first kappa shape index (κ1) is 13.4. The van der Waals surface area contributed by atoms with Crippen LogP contribution in [0, 0.1) is 11.3 Å². The molecule has 0 aromatic heterocycles. The molecule has 1 saturated heterocycles. The van der Waals surface area contributed by atoms with Gasteiger partial charge in [0.1, 0.15) is 0 Å². The van der Waals surface area contributed by atoms with Gasteiger partial charge in [-0.1, -0.05) is 6.07 Å². The first-order chi connectivity index (χ1) is 9.11. The van der Waals surface area contributed by atoms with Gasteiger partial charge in [0.05, 0.1) is 17.7 Å². The zero-order valence-corrected chi connectivity index (χ0v) is 10.9. The fourth-order valence-corrected chi connectivity index (χ4v) is 2.25. The Hall–Kier alpha value is -2.06. The maximum Gasteiger partial charge on any atom is 0.221 e. The summed E-state index contributed by atoms with van der Waals surface area (Å²) in [4.78, 5) is 13.4. The molecule has 1 heterocycles. The summed E-state index contributed by atoms with van der Waals surface area (Å²) in [6.07, 6.45) is -0.176. The summed E-state index contributed by atoms with van der Waals surface area (Å²) in [7, 11) is 0. The molecule has 1 aromatic rings. The fourth-order valence-electron chi connectivity index (χ4n) is 2.25. The van der Waals surface area contributed by atoms with Crippen molar-refractivity contribution in [2.45, 2.75) is 19.4 Å². The van der Waals surface area contributed by atoms with E-state index in [-0.39, 0.29) is 5.91 Å². The molecule has 1 atom stereocenters. The van der Waals surface area contributed by atoms with Crippen molar-refractivity contribution in [1.29, 1.82) is 5.26 Å². The van der Waals surface area contributed by atoms with Crippen LogP contribution in [0.15, 0.2) is 18.2 Å². The standard InChI is InChI=1S/C14H17N3O2/c1-10(18)12-3-2-11(9-15)8-13(12)17-6-4-14(19)16-5-7-17/h2-3,8,10,18H,4-7H2,1H3,(H,16,19). The smallest absolute Gasteiger partial charge is 0.221 e. The van der Waals surface area contributed by atoms with Crippen LogP contribution in [0.5, 0.6) is 0 Å². The number of nitrogens with zero attached hydrogens (tertiary/aromatic N) is 2. The van der Waals surface area contributed by atoms with Gasteiger partial charge in [-0.25, -0.2) is 0 Å². The second-order valence-corrected chi connectivity index (χ2v) is 4.65. The van der Waals surface area contributed by atoms with Crippen LogP contribution in [0.4, 0.5) is 5.69 Å². The highest BCUT2D eigenvalue weighted by atomic mass is 16.3. The second kappa shape index (κ2) is 5.72. The first-order valence-electron chi connectivity index (χ1n) is 6.35. The molecule has 100 valence electrons. The normalized spacial score (nSPS) is 17.3. The van der Waals surface area contributed by atoms with Gasteiger partial charge in [-0.05, 0) is 19.1 Å². The number of rotatable bonds is 2. The number of benzene rings is 1. The number of aliphatic hydroxyl groups is 1. The molecule has 1 aromatic carbocycles. The fraction of sp³-hybridized carbons (Fsp3) is 0.429. The molecule has 0 spiro atoms. The summed E-state index contributed by atoms with van der Waals surface area (Å²) in [5.41, 5.74) is 2.18. The Bertz CT molecular complexity index is 520. The summed E-state index contributed by atoms with van der Waals surface area (Å²) in [5.74, 6) is 0.0394. The van der Waals surface area contributed by atoms with E-state index in [4.69, 9.17) is 5.26 Å². The monoisotopic (exact) mass is 259 g/mol. The predicted molar refractivity (Wildman–Crippen MR) is 71.6 cm³/mol. The molecule has 1 amide bonds. The van der Waals surface area contributed by atoms with Crippen molar-refractivity contribution in [1.82, 2.24) is 5.32 Å². The highest BCUT2D eigenvalue weighted by molar-refractivity contribution is 5.77. The Kier molecular flexibility index (Phi) is 4.03. The van der Waals surface area contributed by atoms with Crippen molar-refractivity contribution in [3.63, 3.8) is 0 Å². The molecule has 0 radical (unpaired) electrons. The van der Waals surface area contributed by atoms with Gasteiger partial charge in [-0.3, -0.25) is 4.79 Å². The van der Waals surface area contributed by atoms with Gasteiger partial charge in [0.2, 0.25) is 5.91 Å². The number of carbonyl (C=O) groups excluding carboxylic acids is 1. The Morgan fingerprint density at radius 3 is 2.95 bits per heavy atom. The third-order valence-electron chi connectivity index (χ3n) is 3.26. The van der Waals surface area contributed by atoms with E-state index in [0.717, 1.165) is 11.3 Å².